The largest absolute Gasteiger partial charge is 0.357 e. The van der Waals surface area contributed by atoms with Crippen LogP contribution in [0.1, 0.15) is 23.3 Å². The molecule has 5 rings (SSSR count). The molecule has 2 aromatic heterocycles. The standard InChI is InChI=1S/C20H22N6OS/c27-20(16-13-18(22-14-21-16)24-7-3-4-8-24)26-11-9-25(10-12-26)19-15-5-1-2-6-17(15)28-23-19/h1-2,5-6,13-14H,3-4,7-12H2. The number of rotatable bonds is 3. The maximum absolute atomic E-state index is 13.0. The topological polar surface area (TPSA) is 65.5 Å². The Labute approximate surface area is 167 Å². The maximum atomic E-state index is 13.0. The summed E-state index contributed by atoms with van der Waals surface area (Å²) in [5.74, 6) is 1.89. The molecule has 0 N–H and O–H groups in total. The minimum Gasteiger partial charge on any atom is -0.357 e. The molecule has 2 aliphatic rings. The van der Waals surface area contributed by atoms with Gasteiger partial charge in [-0.3, -0.25) is 4.79 Å². The molecule has 4 heterocycles. The summed E-state index contributed by atoms with van der Waals surface area (Å²) < 4.78 is 5.84. The molecule has 8 heteroatoms. The minimum atomic E-state index is -0.00867. The fourth-order valence-electron chi connectivity index (χ4n) is 3.97. The molecular weight excluding hydrogens is 372 g/mol. The van der Waals surface area contributed by atoms with Gasteiger partial charge in [0.2, 0.25) is 0 Å². The average Bonchev–Trinajstić information content (AvgIpc) is 3.44. The summed E-state index contributed by atoms with van der Waals surface area (Å²) in [6.07, 6.45) is 3.87. The zero-order valence-corrected chi connectivity index (χ0v) is 16.4. The van der Waals surface area contributed by atoms with Gasteiger partial charge < -0.3 is 14.7 Å². The van der Waals surface area contributed by atoms with Crippen molar-refractivity contribution in [3.8, 4) is 0 Å². The number of aromatic nitrogens is 3. The van der Waals surface area contributed by atoms with Crippen molar-refractivity contribution in [3.05, 3.63) is 42.4 Å². The summed E-state index contributed by atoms with van der Waals surface area (Å²) in [4.78, 5) is 27.9. The second kappa shape index (κ2) is 7.35. The van der Waals surface area contributed by atoms with Gasteiger partial charge in [-0.2, -0.15) is 4.37 Å². The summed E-state index contributed by atoms with van der Waals surface area (Å²) in [6, 6.07) is 10.1. The second-order valence-electron chi connectivity index (χ2n) is 7.24. The number of nitrogens with zero attached hydrogens (tertiary/aromatic N) is 6. The minimum absolute atomic E-state index is 0.00867. The number of hydrogen-bond acceptors (Lipinski definition) is 7. The van der Waals surface area contributed by atoms with E-state index in [1.807, 2.05) is 23.1 Å². The van der Waals surface area contributed by atoms with Gasteiger partial charge in [0, 0.05) is 50.7 Å². The highest BCUT2D eigenvalue weighted by molar-refractivity contribution is 7.13. The molecule has 0 saturated carbocycles. The van der Waals surface area contributed by atoms with Crippen LogP contribution in [0.3, 0.4) is 0 Å². The van der Waals surface area contributed by atoms with Crippen molar-refractivity contribution in [2.75, 3.05) is 49.1 Å². The Bertz CT molecular complexity index is 991. The molecule has 3 aromatic rings. The summed E-state index contributed by atoms with van der Waals surface area (Å²) in [5.41, 5.74) is 0.490. The van der Waals surface area contributed by atoms with Crippen LogP contribution in [0.2, 0.25) is 0 Å². The Morgan fingerprint density at radius 1 is 0.929 bits per heavy atom. The second-order valence-corrected chi connectivity index (χ2v) is 8.04. The van der Waals surface area contributed by atoms with Crippen molar-refractivity contribution >= 4 is 39.2 Å². The third kappa shape index (κ3) is 3.17. The first-order valence-electron chi connectivity index (χ1n) is 9.75. The van der Waals surface area contributed by atoms with Crippen LogP contribution >= 0.6 is 11.5 Å². The van der Waals surface area contributed by atoms with E-state index in [-0.39, 0.29) is 5.91 Å². The molecule has 0 radical (unpaired) electrons. The lowest BCUT2D eigenvalue weighted by molar-refractivity contribution is 0.0740. The summed E-state index contributed by atoms with van der Waals surface area (Å²) >= 11 is 1.53. The smallest absolute Gasteiger partial charge is 0.272 e. The SMILES string of the molecule is O=C(c1cc(N2CCCC2)ncn1)N1CCN(c2nsc3ccccc23)CC1. The van der Waals surface area contributed by atoms with Crippen molar-refractivity contribution in [1.29, 1.82) is 0 Å². The Kier molecular flexibility index (Phi) is 4.56. The van der Waals surface area contributed by atoms with Crippen LogP contribution in [0.4, 0.5) is 11.6 Å². The molecule has 0 aliphatic carbocycles. The molecule has 0 spiro atoms. The Hall–Kier alpha value is -2.74. The van der Waals surface area contributed by atoms with Gasteiger partial charge in [0.1, 0.15) is 23.7 Å². The van der Waals surface area contributed by atoms with Crippen molar-refractivity contribution in [2.24, 2.45) is 0 Å². The maximum Gasteiger partial charge on any atom is 0.272 e. The molecule has 7 nitrogen and oxygen atoms in total. The molecule has 0 bridgehead atoms. The number of anilines is 2. The van der Waals surface area contributed by atoms with Gasteiger partial charge in [-0.1, -0.05) is 12.1 Å². The van der Waals surface area contributed by atoms with Crippen molar-refractivity contribution in [1.82, 2.24) is 19.2 Å². The molecule has 2 aliphatic heterocycles. The molecule has 2 fully saturated rings. The number of benzene rings is 1. The van der Waals surface area contributed by atoms with E-state index < -0.39 is 0 Å². The number of carbonyl (C=O) groups is 1. The highest BCUT2D eigenvalue weighted by atomic mass is 32.1. The van der Waals surface area contributed by atoms with E-state index in [1.165, 1.54) is 40.8 Å². The first-order valence-corrected chi connectivity index (χ1v) is 10.5. The van der Waals surface area contributed by atoms with Gasteiger partial charge in [0.25, 0.3) is 5.91 Å². The van der Waals surface area contributed by atoms with Gasteiger partial charge >= 0.3 is 0 Å². The van der Waals surface area contributed by atoms with E-state index in [1.54, 1.807) is 0 Å². The lowest BCUT2D eigenvalue weighted by atomic mass is 10.2. The van der Waals surface area contributed by atoms with Crippen molar-refractivity contribution in [3.63, 3.8) is 0 Å². The predicted octanol–water partition coefficient (Wildman–Crippen LogP) is 2.65. The first-order chi connectivity index (χ1) is 13.8. The number of carbonyl (C=O) groups excluding carboxylic acids is 1. The van der Waals surface area contributed by atoms with E-state index >= 15 is 0 Å². The number of piperazine rings is 1. The fraction of sp³-hybridized carbons (Fsp3) is 0.400. The zero-order valence-electron chi connectivity index (χ0n) is 15.6. The highest BCUT2D eigenvalue weighted by Crippen LogP contribution is 2.30. The van der Waals surface area contributed by atoms with Gasteiger partial charge in [0.05, 0.1) is 4.70 Å². The first kappa shape index (κ1) is 17.4. The van der Waals surface area contributed by atoms with Gasteiger partial charge in [0.15, 0.2) is 0 Å². The van der Waals surface area contributed by atoms with Crippen LogP contribution in [-0.4, -0.2) is 64.4 Å². The molecule has 2 saturated heterocycles. The average molecular weight is 395 g/mol. The van der Waals surface area contributed by atoms with E-state index in [2.05, 4.69) is 36.3 Å². The van der Waals surface area contributed by atoms with Crippen LogP contribution < -0.4 is 9.80 Å². The molecule has 1 amide bonds. The van der Waals surface area contributed by atoms with E-state index in [9.17, 15) is 4.79 Å². The number of hydrogen-bond donors (Lipinski definition) is 0. The lowest BCUT2D eigenvalue weighted by Crippen LogP contribution is -2.49. The van der Waals surface area contributed by atoms with Crippen LogP contribution in [0.25, 0.3) is 10.1 Å². The Balaban J connectivity index is 1.28. The monoisotopic (exact) mass is 394 g/mol. The summed E-state index contributed by atoms with van der Waals surface area (Å²) in [6.45, 7) is 4.92. The third-order valence-corrected chi connectivity index (χ3v) is 6.34. The van der Waals surface area contributed by atoms with E-state index in [0.717, 1.165) is 37.8 Å². The van der Waals surface area contributed by atoms with Crippen LogP contribution in [0.15, 0.2) is 36.7 Å². The quantitative estimate of drug-likeness (QED) is 0.680. The van der Waals surface area contributed by atoms with Crippen LogP contribution in [0, 0.1) is 0 Å². The molecule has 0 unspecified atom stereocenters. The molecule has 0 atom stereocenters. The Morgan fingerprint density at radius 2 is 1.71 bits per heavy atom. The van der Waals surface area contributed by atoms with Crippen LogP contribution in [-0.2, 0) is 0 Å². The van der Waals surface area contributed by atoms with Crippen molar-refractivity contribution in [2.45, 2.75) is 12.8 Å². The third-order valence-electron chi connectivity index (χ3n) is 5.53. The van der Waals surface area contributed by atoms with Gasteiger partial charge in [-0.15, -0.1) is 0 Å². The fourth-order valence-corrected chi connectivity index (χ4v) is 4.76. The summed E-state index contributed by atoms with van der Waals surface area (Å²) in [5, 5.41) is 1.19. The molecule has 1 aromatic carbocycles. The molecule has 28 heavy (non-hydrogen) atoms. The highest BCUT2D eigenvalue weighted by Gasteiger charge is 2.26. The number of fused-ring (bicyclic) bond motifs is 1. The van der Waals surface area contributed by atoms with Crippen LogP contribution in [0.5, 0.6) is 0 Å². The van der Waals surface area contributed by atoms with E-state index in [4.69, 9.17) is 0 Å². The predicted molar refractivity (Wildman–Crippen MR) is 111 cm³/mol. The molecule has 144 valence electrons. The zero-order chi connectivity index (χ0) is 18.9. The molecular formula is C20H22N6OS. The normalized spacial score (nSPS) is 17.5. The summed E-state index contributed by atoms with van der Waals surface area (Å²) in [7, 11) is 0. The van der Waals surface area contributed by atoms with Crippen molar-refractivity contribution < 1.29 is 4.79 Å². The number of amides is 1. The van der Waals surface area contributed by atoms with Gasteiger partial charge in [-0.25, -0.2) is 9.97 Å². The lowest BCUT2D eigenvalue weighted by Gasteiger charge is -2.35. The Morgan fingerprint density at radius 3 is 2.54 bits per heavy atom. The van der Waals surface area contributed by atoms with Gasteiger partial charge in [-0.05, 0) is 36.5 Å². The van der Waals surface area contributed by atoms with E-state index in [0.29, 0.717) is 18.8 Å².